The Morgan fingerprint density at radius 2 is 1.97 bits per heavy atom. The highest BCUT2D eigenvalue weighted by molar-refractivity contribution is 7.21. The highest BCUT2D eigenvalue weighted by Gasteiger charge is 2.24. The maximum atomic E-state index is 12.8. The number of pyridine rings is 1. The van der Waals surface area contributed by atoms with E-state index in [0.29, 0.717) is 45.7 Å². The molecule has 0 spiro atoms. The summed E-state index contributed by atoms with van der Waals surface area (Å²) in [7, 11) is 3.60. The summed E-state index contributed by atoms with van der Waals surface area (Å²) in [6, 6.07) is 7.20. The summed E-state index contributed by atoms with van der Waals surface area (Å²) in [6.45, 7) is 4.46. The van der Waals surface area contributed by atoms with Crippen LogP contribution in [0.25, 0.3) is 21.3 Å². The number of hydrogen-bond acceptors (Lipinski definition) is 10. The highest BCUT2D eigenvalue weighted by Crippen LogP contribution is 2.43. The molecule has 0 aliphatic carbocycles. The number of nitriles is 1. The maximum Gasteiger partial charge on any atom is 0.260 e. The van der Waals surface area contributed by atoms with E-state index in [-0.39, 0.29) is 27.9 Å². The largest absolute Gasteiger partial charge is 0.495 e. The van der Waals surface area contributed by atoms with Crippen LogP contribution in [0.4, 0.5) is 17.2 Å². The molecule has 3 aromatic rings. The lowest BCUT2D eigenvalue weighted by Crippen LogP contribution is -2.45. The van der Waals surface area contributed by atoms with Gasteiger partial charge >= 0.3 is 0 Å². The third-order valence-electron chi connectivity index (χ3n) is 6.25. The number of methoxy groups -OCH3 is 1. The second-order valence-corrected chi connectivity index (χ2v) is 9.61. The van der Waals surface area contributed by atoms with Crippen LogP contribution in [0.3, 0.4) is 0 Å². The molecule has 4 rings (SSSR count). The Morgan fingerprint density at radius 1 is 1.25 bits per heavy atom. The van der Waals surface area contributed by atoms with Crippen LogP contribution >= 0.6 is 11.3 Å². The molecule has 36 heavy (non-hydrogen) atoms. The third-order valence-corrected chi connectivity index (χ3v) is 7.37. The van der Waals surface area contributed by atoms with Gasteiger partial charge in [-0.05, 0) is 24.7 Å². The van der Waals surface area contributed by atoms with Crippen molar-refractivity contribution < 1.29 is 14.3 Å². The van der Waals surface area contributed by atoms with E-state index >= 15 is 0 Å². The molecule has 0 unspecified atom stereocenters. The number of hydrogen-bond donors (Lipinski definition) is 4. The molecule has 7 N–H and O–H groups in total. The average molecular weight is 509 g/mol. The summed E-state index contributed by atoms with van der Waals surface area (Å²) < 4.78 is 5.45. The molecule has 0 bridgehead atoms. The zero-order valence-corrected chi connectivity index (χ0v) is 20.9. The van der Waals surface area contributed by atoms with Crippen molar-refractivity contribution in [2.45, 2.75) is 6.42 Å². The number of fused-ring (bicyclic) bond motifs is 1. The van der Waals surface area contributed by atoms with E-state index in [1.165, 1.54) is 7.11 Å². The first kappa shape index (κ1) is 25.2. The van der Waals surface area contributed by atoms with Crippen molar-refractivity contribution in [3.05, 3.63) is 28.6 Å². The summed E-state index contributed by atoms with van der Waals surface area (Å²) in [5.74, 6) is -0.387. The Balaban J connectivity index is 1.69. The van der Waals surface area contributed by atoms with Gasteiger partial charge in [0.05, 0.1) is 18.5 Å². The number of nitrogens with two attached hydrogens (primary N) is 3. The van der Waals surface area contributed by atoms with Gasteiger partial charge in [0.15, 0.2) is 0 Å². The minimum atomic E-state index is -0.693. The summed E-state index contributed by atoms with van der Waals surface area (Å²) in [6.07, 6.45) is 0.326. The van der Waals surface area contributed by atoms with Crippen LogP contribution in [-0.4, -0.2) is 73.5 Å². The lowest BCUT2D eigenvalue weighted by atomic mass is 9.96. The minimum absolute atomic E-state index is 0.00542. The molecule has 0 saturated carbocycles. The quantitative estimate of drug-likeness (QED) is 0.370. The van der Waals surface area contributed by atoms with Gasteiger partial charge in [-0.15, -0.1) is 11.3 Å². The first-order chi connectivity index (χ1) is 17.2. The van der Waals surface area contributed by atoms with Crippen LogP contribution in [0.2, 0.25) is 0 Å². The molecule has 11 nitrogen and oxygen atoms in total. The Labute approximate surface area is 212 Å². The summed E-state index contributed by atoms with van der Waals surface area (Å²) >= 11 is 1.01. The fourth-order valence-corrected chi connectivity index (χ4v) is 5.22. The van der Waals surface area contributed by atoms with Gasteiger partial charge in [-0.1, -0.05) is 6.07 Å². The smallest absolute Gasteiger partial charge is 0.260 e. The Hall–Kier alpha value is -3.92. The maximum absolute atomic E-state index is 12.8. The number of carbonyl (C=O) groups excluding carboxylic acids is 2. The van der Waals surface area contributed by atoms with Gasteiger partial charge in [0.1, 0.15) is 32.9 Å². The molecule has 0 radical (unpaired) electrons. The number of rotatable bonds is 7. The van der Waals surface area contributed by atoms with Gasteiger partial charge in [0.2, 0.25) is 5.91 Å². The van der Waals surface area contributed by atoms with E-state index in [1.54, 1.807) is 18.2 Å². The number of carbonyl (C=O) groups is 2. The standard InChI is InChI=1S/C24H28N8O3S/c1-31-7-9-32(10-8-31)6-5-17(33)29-15-11-13(3-4-16(15)35-2)18-14(12-25)22(27)30-24-19(18)20(26)21(36-24)23(28)34/h3-4,11H,5-10,26H2,1-2H3,(H2,27,30)(H2,28,34)(H,29,33). The summed E-state index contributed by atoms with van der Waals surface area (Å²) in [5, 5.41) is 13.2. The first-order valence-electron chi connectivity index (χ1n) is 11.3. The average Bonchev–Trinajstić information content (AvgIpc) is 3.18. The molecule has 188 valence electrons. The zero-order chi connectivity index (χ0) is 26.0. The number of primary amides is 1. The Kier molecular flexibility index (Phi) is 7.25. The minimum Gasteiger partial charge on any atom is -0.495 e. The molecular weight excluding hydrogens is 480 g/mol. The monoisotopic (exact) mass is 508 g/mol. The number of nitrogens with zero attached hydrogens (tertiary/aromatic N) is 4. The number of nitrogen functional groups attached to an aromatic ring is 2. The number of benzene rings is 1. The van der Waals surface area contributed by atoms with Crippen LogP contribution < -0.4 is 27.3 Å². The second kappa shape index (κ2) is 10.4. The number of aromatic nitrogens is 1. The summed E-state index contributed by atoms with van der Waals surface area (Å²) in [4.78, 5) is 34.0. The summed E-state index contributed by atoms with van der Waals surface area (Å²) in [5.41, 5.74) is 19.5. The molecule has 1 aliphatic heterocycles. The molecule has 2 amide bonds. The van der Waals surface area contributed by atoms with Crippen molar-refractivity contribution in [1.29, 1.82) is 5.26 Å². The molecule has 2 aromatic heterocycles. The lowest BCUT2D eigenvalue weighted by Gasteiger charge is -2.32. The van der Waals surface area contributed by atoms with E-state index in [2.05, 4.69) is 33.2 Å². The number of likely N-dealkylation sites (N-methyl/N-ethyl adjacent to an activating group) is 1. The van der Waals surface area contributed by atoms with Crippen molar-refractivity contribution in [3.63, 3.8) is 0 Å². The number of thiophene rings is 1. The van der Waals surface area contributed by atoms with Crippen molar-refractivity contribution in [3.8, 4) is 22.9 Å². The predicted molar refractivity (Wildman–Crippen MR) is 141 cm³/mol. The molecule has 0 atom stereocenters. The zero-order valence-electron chi connectivity index (χ0n) is 20.1. The van der Waals surface area contributed by atoms with E-state index < -0.39 is 5.91 Å². The van der Waals surface area contributed by atoms with Crippen LogP contribution in [0.15, 0.2) is 18.2 Å². The topological polar surface area (TPSA) is 177 Å². The van der Waals surface area contributed by atoms with Gasteiger partial charge in [-0.3, -0.25) is 9.59 Å². The number of anilines is 3. The van der Waals surface area contributed by atoms with Crippen molar-refractivity contribution in [2.75, 3.05) is 63.7 Å². The van der Waals surface area contributed by atoms with Gasteiger partial charge < -0.3 is 37.1 Å². The molecule has 1 saturated heterocycles. The van der Waals surface area contributed by atoms with Crippen LogP contribution in [0.5, 0.6) is 5.75 Å². The fraction of sp³-hybridized carbons (Fsp3) is 0.333. The molecule has 1 fully saturated rings. The van der Waals surface area contributed by atoms with Gasteiger partial charge in [-0.2, -0.15) is 5.26 Å². The van der Waals surface area contributed by atoms with Crippen LogP contribution in [-0.2, 0) is 4.79 Å². The van der Waals surface area contributed by atoms with Crippen molar-refractivity contribution in [1.82, 2.24) is 14.8 Å². The number of ether oxygens (including phenoxy) is 1. The second-order valence-electron chi connectivity index (χ2n) is 8.61. The predicted octanol–water partition coefficient (Wildman–Crippen LogP) is 1.68. The number of nitrogens with one attached hydrogen (secondary N) is 1. The highest BCUT2D eigenvalue weighted by atomic mass is 32.1. The molecule has 12 heteroatoms. The third kappa shape index (κ3) is 4.90. The Morgan fingerprint density at radius 3 is 2.61 bits per heavy atom. The molecule has 3 heterocycles. The fourth-order valence-electron chi connectivity index (χ4n) is 4.26. The van der Waals surface area contributed by atoms with Crippen LogP contribution in [0.1, 0.15) is 21.7 Å². The van der Waals surface area contributed by atoms with E-state index in [4.69, 9.17) is 21.9 Å². The number of piperazine rings is 1. The van der Waals surface area contributed by atoms with Gasteiger partial charge in [0.25, 0.3) is 5.91 Å². The Bertz CT molecular complexity index is 1370. The van der Waals surface area contributed by atoms with E-state index in [9.17, 15) is 14.9 Å². The normalized spacial score (nSPS) is 14.5. The van der Waals surface area contributed by atoms with Gasteiger partial charge in [0, 0.05) is 50.1 Å². The van der Waals surface area contributed by atoms with Crippen molar-refractivity contribution in [2.24, 2.45) is 5.73 Å². The van der Waals surface area contributed by atoms with E-state index in [1.807, 2.05) is 0 Å². The van der Waals surface area contributed by atoms with E-state index in [0.717, 1.165) is 37.5 Å². The van der Waals surface area contributed by atoms with Crippen molar-refractivity contribution >= 4 is 50.6 Å². The lowest BCUT2D eigenvalue weighted by molar-refractivity contribution is -0.116. The van der Waals surface area contributed by atoms with Crippen LogP contribution in [0, 0.1) is 11.3 Å². The molecular formula is C24H28N8O3S. The molecule has 1 aromatic carbocycles. The number of amides is 2. The SMILES string of the molecule is COc1ccc(-c2c(C#N)c(N)nc3sc(C(N)=O)c(N)c23)cc1NC(=O)CCN1CCN(C)CC1. The first-order valence-corrected chi connectivity index (χ1v) is 12.2. The molecule has 1 aliphatic rings. The van der Waals surface area contributed by atoms with Gasteiger partial charge in [-0.25, -0.2) is 4.98 Å².